The van der Waals surface area contributed by atoms with Crippen molar-refractivity contribution in [2.45, 2.75) is 19.8 Å². The average molecular weight is 311 g/mol. The number of anilines is 1. The number of hydrogen-bond donors (Lipinski definition) is 2. The summed E-state index contributed by atoms with van der Waals surface area (Å²) in [6.45, 7) is 2.47. The van der Waals surface area contributed by atoms with Crippen LogP contribution < -0.4 is 5.73 Å². The van der Waals surface area contributed by atoms with Crippen LogP contribution >= 0.6 is 15.9 Å². The van der Waals surface area contributed by atoms with Gasteiger partial charge in [0.1, 0.15) is 11.4 Å². The van der Waals surface area contributed by atoms with Crippen molar-refractivity contribution < 1.29 is 9.53 Å². The Kier molecular flexibility index (Phi) is 3.91. The van der Waals surface area contributed by atoms with Gasteiger partial charge in [-0.25, -0.2) is 4.79 Å². The molecule has 5 heteroatoms. The Morgan fingerprint density at radius 1 is 1.50 bits per heavy atom. The first-order valence-corrected chi connectivity index (χ1v) is 6.66. The molecule has 0 aliphatic carbocycles. The predicted octanol–water partition coefficient (Wildman–Crippen LogP) is 3.47. The zero-order chi connectivity index (χ0) is 13.1. The average Bonchev–Trinajstić information content (AvgIpc) is 2.64. The molecule has 3 N–H and O–H groups in total. The van der Waals surface area contributed by atoms with Gasteiger partial charge in [-0.05, 0) is 24.6 Å². The molecule has 1 heterocycles. The fraction of sp³-hybridized carbons (Fsp3) is 0.308. The number of rotatable bonds is 4. The molecule has 0 aliphatic heterocycles. The second kappa shape index (κ2) is 5.44. The standard InChI is InChI=1S/C13H15BrN2O2/c1-2-3-6-18-13(17)11-9-7-8(14)4-5-10(9)16-12(11)15/h4-5,7,16H,2-3,6,15H2,1H3. The zero-order valence-electron chi connectivity index (χ0n) is 10.1. The number of unbranched alkanes of at least 4 members (excludes halogenated alkanes) is 1. The number of fused-ring (bicyclic) bond motifs is 1. The third-order valence-electron chi connectivity index (χ3n) is 2.72. The molecule has 2 aromatic rings. The van der Waals surface area contributed by atoms with Crippen molar-refractivity contribution in [3.05, 3.63) is 28.2 Å². The molecular formula is C13H15BrN2O2. The molecule has 0 atom stereocenters. The van der Waals surface area contributed by atoms with E-state index >= 15 is 0 Å². The van der Waals surface area contributed by atoms with Crippen LogP contribution in [0.4, 0.5) is 5.82 Å². The number of benzene rings is 1. The normalized spacial score (nSPS) is 10.8. The quantitative estimate of drug-likeness (QED) is 0.671. The topological polar surface area (TPSA) is 68.1 Å². The van der Waals surface area contributed by atoms with Crippen LogP contribution in [0.5, 0.6) is 0 Å². The van der Waals surface area contributed by atoms with Crippen molar-refractivity contribution in [3.63, 3.8) is 0 Å². The Morgan fingerprint density at radius 3 is 3.00 bits per heavy atom. The zero-order valence-corrected chi connectivity index (χ0v) is 11.7. The molecule has 18 heavy (non-hydrogen) atoms. The first-order valence-electron chi connectivity index (χ1n) is 5.87. The number of ether oxygens (including phenoxy) is 1. The highest BCUT2D eigenvalue weighted by Crippen LogP contribution is 2.27. The number of carbonyl (C=O) groups is 1. The van der Waals surface area contributed by atoms with Crippen LogP contribution in [0, 0.1) is 0 Å². The molecule has 4 nitrogen and oxygen atoms in total. The second-order valence-corrected chi connectivity index (χ2v) is 5.01. The number of aromatic amines is 1. The monoisotopic (exact) mass is 310 g/mol. The van der Waals surface area contributed by atoms with Gasteiger partial charge in [0.15, 0.2) is 0 Å². The first-order chi connectivity index (χ1) is 8.63. The summed E-state index contributed by atoms with van der Waals surface area (Å²) < 4.78 is 6.10. The summed E-state index contributed by atoms with van der Waals surface area (Å²) in [5, 5.41) is 0.781. The van der Waals surface area contributed by atoms with E-state index in [1.165, 1.54) is 0 Å². The van der Waals surface area contributed by atoms with Gasteiger partial charge < -0.3 is 15.5 Å². The van der Waals surface area contributed by atoms with Crippen LogP contribution in [0.25, 0.3) is 10.9 Å². The van der Waals surface area contributed by atoms with Crippen molar-refractivity contribution in [3.8, 4) is 0 Å². The van der Waals surface area contributed by atoms with Gasteiger partial charge in [-0.15, -0.1) is 0 Å². The third-order valence-corrected chi connectivity index (χ3v) is 3.22. The maximum Gasteiger partial charge on any atom is 0.342 e. The van der Waals surface area contributed by atoms with Gasteiger partial charge in [-0.3, -0.25) is 0 Å². The maximum atomic E-state index is 12.0. The molecule has 0 aliphatic rings. The Hall–Kier alpha value is -1.49. The molecule has 0 saturated heterocycles. The van der Waals surface area contributed by atoms with E-state index in [-0.39, 0.29) is 5.97 Å². The van der Waals surface area contributed by atoms with E-state index in [9.17, 15) is 4.79 Å². The molecule has 1 aromatic carbocycles. The lowest BCUT2D eigenvalue weighted by molar-refractivity contribution is 0.0503. The molecule has 2 rings (SSSR count). The highest BCUT2D eigenvalue weighted by atomic mass is 79.9. The van der Waals surface area contributed by atoms with E-state index < -0.39 is 0 Å². The molecule has 0 fully saturated rings. The van der Waals surface area contributed by atoms with Crippen molar-refractivity contribution in [1.82, 2.24) is 4.98 Å². The Bertz CT molecular complexity index is 578. The van der Waals surface area contributed by atoms with E-state index in [1.54, 1.807) is 0 Å². The van der Waals surface area contributed by atoms with Crippen LogP contribution in [0.15, 0.2) is 22.7 Å². The maximum absolute atomic E-state index is 12.0. The van der Waals surface area contributed by atoms with E-state index in [1.807, 2.05) is 25.1 Å². The fourth-order valence-electron chi connectivity index (χ4n) is 1.79. The summed E-state index contributed by atoms with van der Waals surface area (Å²) in [4.78, 5) is 15.0. The number of H-pyrrole nitrogens is 1. The lowest BCUT2D eigenvalue weighted by Gasteiger charge is -2.03. The van der Waals surface area contributed by atoms with Gasteiger partial charge in [0.2, 0.25) is 0 Å². The summed E-state index contributed by atoms with van der Waals surface area (Å²) in [6.07, 6.45) is 1.85. The van der Waals surface area contributed by atoms with Gasteiger partial charge in [0.25, 0.3) is 0 Å². The summed E-state index contributed by atoms with van der Waals surface area (Å²) in [7, 11) is 0. The van der Waals surface area contributed by atoms with Crippen LogP contribution in [0.2, 0.25) is 0 Å². The number of nitrogens with one attached hydrogen (secondary N) is 1. The van der Waals surface area contributed by atoms with Crippen molar-refractivity contribution in [1.29, 1.82) is 0 Å². The largest absolute Gasteiger partial charge is 0.462 e. The highest BCUT2D eigenvalue weighted by molar-refractivity contribution is 9.10. The molecule has 1 aromatic heterocycles. The van der Waals surface area contributed by atoms with Crippen LogP contribution in [0.1, 0.15) is 30.1 Å². The Morgan fingerprint density at radius 2 is 2.28 bits per heavy atom. The van der Waals surface area contributed by atoms with Gasteiger partial charge in [-0.2, -0.15) is 0 Å². The predicted molar refractivity (Wildman–Crippen MR) is 75.6 cm³/mol. The fourth-order valence-corrected chi connectivity index (χ4v) is 2.15. The molecule has 0 unspecified atom stereocenters. The van der Waals surface area contributed by atoms with E-state index in [0.29, 0.717) is 18.0 Å². The number of nitrogen functional groups attached to an aromatic ring is 1. The lowest BCUT2D eigenvalue weighted by Crippen LogP contribution is -2.08. The van der Waals surface area contributed by atoms with E-state index in [0.717, 1.165) is 28.2 Å². The summed E-state index contributed by atoms with van der Waals surface area (Å²) in [6, 6.07) is 5.63. The molecule has 0 spiro atoms. The van der Waals surface area contributed by atoms with Crippen LogP contribution in [-0.2, 0) is 4.74 Å². The summed E-state index contributed by atoms with van der Waals surface area (Å²) >= 11 is 3.38. The van der Waals surface area contributed by atoms with Gasteiger partial charge in [0.05, 0.1) is 6.61 Å². The molecule has 0 amide bonds. The molecular weight excluding hydrogens is 296 g/mol. The molecule has 0 radical (unpaired) electrons. The van der Waals surface area contributed by atoms with E-state index in [4.69, 9.17) is 10.5 Å². The second-order valence-electron chi connectivity index (χ2n) is 4.09. The molecule has 0 saturated carbocycles. The number of hydrogen-bond acceptors (Lipinski definition) is 3. The number of aromatic nitrogens is 1. The van der Waals surface area contributed by atoms with Crippen LogP contribution in [-0.4, -0.2) is 17.6 Å². The van der Waals surface area contributed by atoms with Crippen molar-refractivity contribution in [2.75, 3.05) is 12.3 Å². The number of esters is 1. The Balaban J connectivity index is 2.34. The van der Waals surface area contributed by atoms with Crippen LogP contribution in [0.3, 0.4) is 0 Å². The number of nitrogens with two attached hydrogens (primary N) is 1. The smallest absolute Gasteiger partial charge is 0.342 e. The van der Waals surface area contributed by atoms with E-state index in [2.05, 4.69) is 20.9 Å². The Labute approximate surface area is 114 Å². The highest BCUT2D eigenvalue weighted by Gasteiger charge is 2.18. The minimum Gasteiger partial charge on any atom is -0.462 e. The minimum absolute atomic E-state index is 0.351. The minimum atomic E-state index is -0.370. The van der Waals surface area contributed by atoms with Crippen molar-refractivity contribution >= 4 is 38.6 Å². The first kappa shape index (κ1) is 13.0. The lowest BCUT2D eigenvalue weighted by atomic mass is 10.1. The summed E-state index contributed by atoms with van der Waals surface area (Å²) in [5.41, 5.74) is 7.09. The SMILES string of the molecule is CCCCOC(=O)c1c(N)[nH]c2ccc(Br)cc12. The van der Waals surface area contributed by atoms with Crippen molar-refractivity contribution in [2.24, 2.45) is 0 Å². The van der Waals surface area contributed by atoms with Gasteiger partial charge >= 0.3 is 5.97 Å². The number of carbonyl (C=O) groups excluding carboxylic acids is 1. The summed E-state index contributed by atoms with van der Waals surface area (Å²) in [5.74, 6) is -0.0186. The van der Waals surface area contributed by atoms with Gasteiger partial charge in [0, 0.05) is 15.4 Å². The molecule has 96 valence electrons. The number of halogens is 1. The third kappa shape index (κ3) is 2.51. The molecule has 0 bridgehead atoms. The van der Waals surface area contributed by atoms with Gasteiger partial charge in [-0.1, -0.05) is 29.3 Å².